The summed E-state index contributed by atoms with van der Waals surface area (Å²) in [6.45, 7) is 0.701. The molecule has 0 aromatic heterocycles. The SMILES string of the molecule is N#C/C(=C/NCc1cccc(Br)c1)C(=O)NCCCC(=O)O. The Hall–Kier alpha value is -2.33. The first-order chi connectivity index (χ1) is 10.5. The molecule has 0 aliphatic carbocycles. The summed E-state index contributed by atoms with van der Waals surface area (Å²) in [6.07, 6.45) is 1.66. The van der Waals surface area contributed by atoms with E-state index in [1.54, 1.807) is 0 Å². The van der Waals surface area contributed by atoms with E-state index in [1.807, 2.05) is 30.3 Å². The summed E-state index contributed by atoms with van der Waals surface area (Å²) in [5, 5.41) is 22.9. The van der Waals surface area contributed by atoms with Gasteiger partial charge in [0, 0.05) is 30.2 Å². The summed E-state index contributed by atoms with van der Waals surface area (Å²) < 4.78 is 0.951. The number of hydrogen-bond donors (Lipinski definition) is 3. The van der Waals surface area contributed by atoms with Gasteiger partial charge in [0.05, 0.1) is 0 Å². The molecule has 1 amide bonds. The number of amides is 1. The zero-order chi connectivity index (χ0) is 16.4. The number of carboxylic acids is 1. The Morgan fingerprint density at radius 2 is 2.18 bits per heavy atom. The fourth-order valence-electron chi connectivity index (χ4n) is 1.60. The number of nitrogens with zero attached hydrogens (tertiary/aromatic N) is 1. The van der Waals surface area contributed by atoms with Crippen molar-refractivity contribution < 1.29 is 14.7 Å². The van der Waals surface area contributed by atoms with Gasteiger partial charge in [0.2, 0.25) is 0 Å². The maximum atomic E-state index is 11.7. The predicted octanol–water partition coefficient (Wildman–Crippen LogP) is 1.93. The van der Waals surface area contributed by atoms with Gasteiger partial charge >= 0.3 is 5.97 Å². The van der Waals surface area contributed by atoms with E-state index in [-0.39, 0.29) is 18.5 Å². The Kier molecular flexibility index (Phi) is 7.72. The molecule has 0 atom stereocenters. The van der Waals surface area contributed by atoms with E-state index >= 15 is 0 Å². The lowest BCUT2D eigenvalue weighted by Gasteiger charge is -2.05. The predicted molar refractivity (Wildman–Crippen MR) is 84.6 cm³/mol. The molecule has 0 radical (unpaired) electrons. The van der Waals surface area contributed by atoms with Crippen LogP contribution >= 0.6 is 15.9 Å². The molecule has 1 aromatic carbocycles. The highest BCUT2D eigenvalue weighted by Crippen LogP contribution is 2.11. The molecule has 0 fully saturated rings. The average molecular weight is 366 g/mol. The van der Waals surface area contributed by atoms with Gasteiger partial charge < -0.3 is 15.7 Å². The molecule has 0 saturated heterocycles. The molecular weight excluding hydrogens is 350 g/mol. The third-order valence-electron chi connectivity index (χ3n) is 2.66. The van der Waals surface area contributed by atoms with Crippen LogP contribution in [0.2, 0.25) is 0 Å². The van der Waals surface area contributed by atoms with Crippen molar-refractivity contribution >= 4 is 27.8 Å². The van der Waals surface area contributed by atoms with Gasteiger partial charge in [0.1, 0.15) is 11.6 Å². The summed E-state index contributed by atoms with van der Waals surface area (Å²) in [5.41, 5.74) is 0.954. The second-order valence-corrected chi connectivity index (χ2v) is 5.35. The number of carbonyl (C=O) groups is 2. The molecule has 7 heteroatoms. The number of nitrogens with one attached hydrogen (secondary N) is 2. The van der Waals surface area contributed by atoms with Crippen molar-refractivity contribution in [3.63, 3.8) is 0 Å². The number of hydrogen-bond acceptors (Lipinski definition) is 4. The summed E-state index contributed by atoms with van der Waals surface area (Å²) in [7, 11) is 0. The molecule has 22 heavy (non-hydrogen) atoms. The van der Waals surface area contributed by atoms with Crippen LogP contribution in [0.1, 0.15) is 18.4 Å². The Bertz CT molecular complexity index is 608. The molecule has 0 heterocycles. The molecular formula is C15H16BrN3O3. The Balaban J connectivity index is 2.43. The van der Waals surface area contributed by atoms with E-state index < -0.39 is 11.9 Å². The first-order valence-corrected chi connectivity index (χ1v) is 7.40. The number of aliphatic carboxylic acids is 1. The Morgan fingerprint density at radius 3 is 2.82 bits per heavy atom. The highest BCUT2D eigenvalue weighted by molar-refractivity contribution is 9.10. The molecule has 1 aromatic rings. The molecule has 0 saturated carbocycles. The maximum Gasteiger partial charge on any atom is 0.303 e. The molecule has 0 bridgehead atoms. The second kappa shape index (κ2) is 9.58. The minimum Gasteiger partial charge on any atom is -0.481 e. The van der Waals surface area contributed by atoms with E-state index in [1.165, 1.54) is 6.20 Å². The van der Waals surface area contributed by atoms with Gasteiger partial charge in [-0.15, -0.1) is 0 Å². The van der Waals surface area contributed by atoms with Gasteiger partial charge in [0.15, 0.2) is 0 Å². The van der Waals surface area contributed by atoms with E-state index in [9.17, 15) is 9.59 Å². The molecule has 116 valence electrons. The third kappa shape index (κ3) is 6.90. The van der Waals surface area contributed by atoms with Gasteiger partial charge in [-0.05, 0) is 24.1 Å². The smallest absolute Gasteiger partial charge is 0.303 e. The zero-order valence-corrected chi connectivity index (χ0v) is 13.4. The topological polar surface area (TPSA) is 102 Å². The summed E-state index contributed by atoms with van der Waals surface area (Å²) >= 11 is 3.36. The fraction of sp³-hybridized carbons (Fsp3) is 0.267. The van der Waals surface area contributed by atoms with Gasteiger partial charge in [0.25, 0.3) is 5.91 Å². The van der Waals surface area contributed by atoms with Crippen LogP contribution in [0.3, 0.4) is 0 Å². The lowest BCUT2D eigenvalue weighted by atomic mass is 10.2. The van der Waals surface area contributed by atoms with Crippen LogP contribution in [0.25, 0.3) is 0 Å². The van der Waals surface area contributed by atoms with Crippen LogP contribution in [0, 0.1) is 11.3 Å². The monoisotopic (exact) mass is 365 g/mol. The Morgan fingerprint density at radius 1 is 1.41 bits per heavy atom. The highest BCUT2D eigenvalue weighted by atomic mass is 79.9. The minimum atomic E-state index is -0.916. The molecule has 1 rings (SSSR count). The van der Waals surface area contributed by atoms with Gasteiger partial charge in [-0.3, -0.25) is 9.59 Å². The van der Waals surface area contributed by atoms with Crippen molar-refractivity contribution in [2.24, 2.45) is 0 Å². The Labute approximate surface area is 137 Å². The number of rotatable bonds is 8. The standard InChI is InChI=1S/C15H16BrN3O3/c16-13-4-1-3-11(7-13)9-18-10-12(8-17)15(22)19-6-2-5-14(20)21/h1,3-4,7,10,18H,2,5-6,9H2,(H,19,22)(H,20,21)/b12-10-. The van der Waals surface area contributed by atoms with Gasteiger partial charge in [-0.1, -0.05) is 28.1 Å². The van der Waals surface area contributed by atoms with E-state index in [0.29, 0.717) is 13.0 Å². The van der Waals surface area contributed by atoms with Crippen LogP contribution in [-0.4, -0.2) is 23.5 Å². The summed E-state index contributed by atoms with van der Waals surface area (Å²) in [6, 6.07) is 9.46. The van der Waals surface area contributed by atoms with E-state index in [4.69, 9.17) is 10.4 Å². The van der Waals surface area contributed by atoms with E-state index in [0.717, 1.165) is 10.0 Å². The molecule has 3 N–H and O–H groups in total. The van der Waals surface area contributed by atoms with Crippen LogP contribution in [0.5, 0.6) is 0 Å². The molecule has 0 aliphatic rings. The molecule has 0 spiro atoms. The molecule has 0 aliphatic heterocycles. The number of nitriles is 1. The number of benzene rings is 1. The first kappa shape index (κ1) is 17.7. The van der Waals surface area contributed by atoms with Gasteiger partial charge in [-0.2, -0.15) is 5.26 Å². The largest absolute Gasteiger partial charge is 0.481 e. The van der Waals surface area contributed by atoms with Crippen molar-refractivity contribution in [3.05, 3.63) is 46.1 Å². The van der Waals surface area contributed by atoms with Crippen LogP contribution in [0.4, 0.5) is 0 Å². The number of carbonyl (C=O) groups excluding carboxylic acids is 1. The van der Waals surface area contributed by atoms with Crippen LogP contribution in [0.15, 0.2) is 40.5 Å². The number of carboxylic acid groups (broad SMARTS) is 1. The van der Waals surface area contributed by atoms with Crippen molar-refractivity contribution in [2.45, 2.75) is 19.4 Å². The average Bonchev–Trinajstić information content (AvgIpc) is 2.48. The zero-order valence-electron chi connectivity index (χ0n) is 11.8. The normalized spacial score (nSPS) is 10.6. The molecule has 6 nitrogen and oxygen atoms in total. The number of halogens is 1. The second-order valence-electron chi connectivity index (χ2n) is 4.43. The van der Waals surface area contributed by atoms with Crippen molar-refractivity contribution in [3.8, 4) is 6.07 Å². The molecule has 0 unspecified atom stereocenters. The lowest BCUT2D eigenvalue weighted by Crippen LogP contribution is -2.27. The van der Waals surface area contributed by atoms with Crippen LogP contribution in [-0.2, 0) is 16.1 Å². The van der Waals surface area contributed by atoms with E-state index in [2.05, 4.69) is 26.6 Å². The third-order valence-corrected chi connectivity index (χ3v) is 3.15. The summed E-state index contributed by atoms with van der Waals surface area (Å²) in [4.78, 5) is 22.1. The van der Waals surface area contributed by atoms with Crippen LogP contribution < -0.4 is 10.6 Å². The minimum absolute atomic E-state index is 0.0208. The van der Waals surface area contributed by atoms with Crippen molar-refractivity contribution in [1.29, 1.82) is 5.26 Å². The lowest BCUT2D eigenvalue weighted by molar-refractivity contribution is -0.137. The van der Waals surface area contributed by atoms with Crippen molar-refractivity contribution in [1.82, 2.24) is 10.6 Å². The first-order valence-electron chi connectivity index (χ1n) is 6.61. The highest BCUT2D eigenvalue weighted by Gasteiger charge is 2.08. The summed E-state index contributed by atoms with van der Waals surface area (Å²) in [5.74, 6) is -1.43. The maximum absolute atomic E-state index is 11.7. The quantitative estimate of drug-likeness (QED) is 0.371. The van der Waals surface area contributed by atoms with Crippen molar-refractivity contribution in [2.75, 3.05) is 6.54 Å². The van der Waals surface area contributed by atoms with Gasteiger partial charge in [-0.25, -0.2) is 0 Å². The fourth-order valence-corrected chi connectivity index (χ4v) is 2.05.